The van der Waals surface area contributed by atoms with Crippen molar-refractivity contribution in [3.8, 4) is 0 Å². The topological polar surface area (TPSA) is 94.5 Å². The first-order chi connectivity index (χ1) is 18.6. The van der Waals surface area contributed by atoms with Crippen LogP contribution in [-0.2, 0) is 4.79 Å². The molecule has 2 aliphatic heterocycles. The number of rotatable bonds is 7. The van der Waals surface area contributed by atoms with E-state index in [0.717, 1.165) is 69.0 Å². The predicted molar refractivity (Wildman–Crippen MR) is 142 cm³/mol. The summed E-state index contributed by atoms with van der Waals surface area (Å²) >= 11 is 1.34. The van der Waals surface area contributed by atoms with Crippen molar-refractivity contribution < 1.29 is 23.1 Å². The predicted octanol–water partition coefficient (Wildman–Crippen LogP) is 5.08. The summed E-state index contributed by atoms with van der Waals surface area (Å²) in [6.45, 7) is 7.25. The van der Waals surface area contributed by atoms with Crippen LogP contribution in [0.5, 0.6) is 0 Å². The van der Waals surface area contributed by atoms with Gasteiger partial charge in [-0.15, -0.1) is 0 Å². The van der Waals surface area contributed by atoms with Gasteiger partial charge in [-0.3, -0.25) is 9.78 Å². The van der Waals surface area contributed by atoms with Gasteiger partial charge in [0, 0.05) is 31.7 Å². The van der Waals surface area contributed by atoms with Crippen molar-refractivity contribution in [2.45, 2.75) is 51.6 Å². The highest BCUT2D eigenvalue weighted by molar-refractivity contribution is 7.22. The lowest BCUT2D eigenvalue weighted by Crippen LogP contribution is -2.58. The number of thiazole rings is 1. The number of halogens is 3. The number of aromatic nitrogens is 3. The first kappa shape index (κ1) is 26.2. The van der Waals surface area contributed by atoms with Crippen molar-refractivity contribution in [2.24, 2.45) is 17.3 Å². The first-order valence-electron chi connectivity index (χ1n) is 13.4. The van der Waals surface area contributed by atoms with Crippen molar-refractivity contribution in [3.05, 3.63) is 41.6 Å². The first-order valence-corrected chi connectivity index (χ1v) is 14.2. The van der Waals surface area contributed by atoms with E-state index in [0.29, 0.717) is 28.2 Å². The molecule has 0 bridgehead atoms. The molecule has 0 spiro atoms. The normalized spacial score (nSPS) is 26.7. The monoisotopic (exact) mass is 560 g/mol. The van der Waals surface area contributed by atoms with Crippen LogP contribution in [-0.4, -0.2) is 63.1 Å². The van der Waals surface area contributed by atoms with Gasteiger partial charge in [-0.1, -0.05) is 11.3 Å². The Morgan fingerprint density at radius 1 is 1.15 bits per heavy atom. The molecule has 0 unspecified atom stereocenters. The molecule has 3 aliphatic rings. The quantitative estimate of drug-likeness (QED) is 0.413. The van der Waals surface area contributed by atoms with Crippen LogP contribution in [0.2, 0.25) is 0 Å². The molecule has 0 amide bonds. The highest BCUT2D eigenvalue weighted by Crippen LogP contribution is 2.46. The van der Waals surface area contributed by atoms with Crippen LogP contribution in [0.3, 0.4) is 0 Å². The van der Waals surface area contributed by atoms with E-state index in [4.69, 9.17) is 0 Å². The third-order valence-corrected chi connectivity index (χ3v) is 9.84. The zero-order chi connectivity index (χ0) is 27.5. The van der Waals surface area contributed by atoms with E-state index < -0.39 is 34.9 Å². The maximum Gasteiger partial charge on any atom is 0.309 e. The molecule has 3 fully saturated rings. The lowest BCUT2D eigenvalue weighted by Gasteiger charge is -2.52. The van der Waals surface area contributed by atoms with Crippen LogP contribution in [0.4, 0.5) is 24.0 Å². The van der Waals surface area contributed by atoms with Crippen LogP contribution in [0.1, 0.15) is 51.3 Å². The van der Waals surface area contributed by atoms with Gasteiger partial charge in [0.2, 0.25) is 0 Å². The standard InChI is InChI=1S/C27H31F3N6O2S/c1-14(21-19(29)6-17(28)9-31-21)33-22-20(30)10-32-24-23(22)39-26(34-24)36-12-16(13-36)15-4-3-5-35(11-15)18-7-27(2,8-18)25(37)38/h6,9-10,14-16,18H,3-5,7-8,11-13H2,1-2H3,(H,32,33)(H,37,38)/t14-,15+,18?,27?/m1/s1. The zero-order valence-electron chi connectivity index (χ0n) is 21.8. The SMILES string of the molecule is C[C@@H](Nc1c(F)cnc2nc(N3CC([C@H]4CCCN(C5CC(C)(C(=O)O)C5)C4)C3)sc12)c1ncc(F)cc1F. The van der Waals surface area contributed by atoms with Crippen molar-refractivity contribution in [1.29, 1.82) is 0 Å². The summed E-state index contributed by atoms with van der Waals surface area (Å²) < 4.78 is 42.9. The van der Waals surface area contributed by atoms with Gasteiger partial charge in [-0.25, -0.2) is 18.2 Å². The van der Waals surface area contributed by atoms with Gasteiger partial charge in [0.05, 0.1) is 35.2 Å². The van der Waals surface area contributed by atoms with Gasteiger partial charge >= 0.3 is 5.97 Å². The molecule has 39 heavy (non-hydrogen) atoms. The van der Waals surface area contributed by atoms with E-state index in [-0.39, 0.29) is 11.4 Å². The van der Waals surface area contributed by atoms with Gasteiger partial charge < -0.3 is 20.2 Å². The molecule has 3 aromatic rings. The largest absolute Gasteiger partial charge is 0.481 e. The number of carboxylic acids is 1. The molecule has 3 aromatic heterocycles. The summed E-state index contributed by atoms with van der Waals surface area (Å²) in [7, 11) is 0. The average Bonchev–Trinajstić information content (AvgIpc) is 3.27. The van der Waals surface area contributed by atoms with Gasteiger partial charge in [0.25, 0.3) is 0 Å². The van der Waals surface area contributed by atoms with E-state index >= 15 is 0 Å². The number of hydrogen-bond acceptors (Lipinski definition) is 8. The van der Waals surface area contributed by atoms with Crippen LogP contribution in [0.25, 0.3) is 10.3 Å². The van der Waals surface area contributed by atoms with Crippen LogP contribution >= 0.6 is 11.3 Å². The van der Waals surface area contributed by atoms with Crippen molar-refractivity contribution in [1.82, 2.24) is 19.9 Å². The van der Waals surface area contributed by atoms with Gasteiger partial charge in [0.1, 0.15) is 16.3 Å². The van der Waals surface area contributed by atoms with Gasteiger partial charge in [0.15, 0.2) is 16.6 Å². The average molecular weight is 561 g/mol. The van der Waals surface area contributed by atoms with Crippen LogP contribution < -0.4 is 10.2 Å². The Balaban J connectivity index is 1.11. The van der Waals surface area contributed by atoms with Crippen molar-refractivity contribution in [3.63, 3.8) is 0 Å². The fourth-order valence-electron chi connectivity index (χ4n) is 6.28. The van der Waals surface area contributed by atoms with E-state index in [1.807, 2.05) is 6.92 Å². The molecule has 0 radical (unpaired) electrons. The second kappa shape index (κ2) is 9.88. The fraction of sp³-hybridized carbons (Fsp3) is 0.556. The second-order valence-corrected chi connectivity index (χ2v) is 12.5. The smallest absolute Gasteiger partial charge is 0.309 e. The third kappa shape index (κ3) is 4.82. The summed E-state index contributed by atoms with van der Waals surface area (Å²) in [6.07, 6.45) is 5.78. The molecule has 208 valence electrons. The number of pyridine rings is 2. The number of hydrogen-bond donors (Lipinski definition) is 2. The number of nitrogens with one attached hydrogen (secondary N) is 1. The number of aliphatic carboxylic acids is 1. The summed E-state index contributed by atoms with van der Waals surface area (Å²) in [5.41, 5.74) is 0.000539. The molecule has 2 N–H and O–H groups in total. The molecule has 2 atom stereocenters. The van der Waals surface area contributed by atoms with E-state index in [9.17, 15) is 23.1 Å². The molecular weight excluding hydrogens is 529 g/mol. The summed E-state index contributed by atoms with van der Waals surface area (Å²) in [6, 6.07) is 0.416. The van der Waals surface area contributed by atoms with Gasteiger partial charge in [-0.05, 0) is 57.9 Å². The summed E-state index contributed by atoms with van der Waals surface area (Å²) in [5.74, 6) is -1.75. The maximum atomic E-state index is 14.8. The lowest BCUT2D eigenvalue weighted by molar-refractivity contribution is -0.158. The number of piperidine rings is 1. The highest BCUT2D eigenvalue weighted by atomic mass is 32.1. The molecule has 1 aliphatic carbocycles. The zero-order valence-corrected chi connectivity index (χ0v) is 22.6. The summed E-state index contributed by atoms with van der Waals surface area (Å²) in [4.78, 5) is 28.8. The molecule has 1 saturated carbocycles. The Morgan fingerprint density at radius 3 is 2.64 bits per heavy atom. The van der Waals surface area contributed by atoms with E-state index in [1.165, 1.54) is 17.8 Å². The molecular formula is C27H31F3N6O2S. The number of fused-ring (bicyclic) bond motifs is 1. The molecule has 6 rings (SSSR count). The Bertz CT molecular complexity index is 1410. The lowest BCUT2D eigenvalue weighted by atomic mass is 9.65. The minimum Gasteiger partial charge on any atom is -0.481 e. The number of nitrogens with zero attached hydrogens (tertiary/aromatic N) is 5. The van der Waals surface area contributed by atoms with E-state index in [2.05, 4.69) is 30.1 Å². The van der Waals surface area contributed by atoms with E-state index in [1.54, 1.807) is 6.92 Å². The maximum absolute atomic E-state index is 14.8. The van der Waals surface area contributed by atoms with Crippen molar-refractivity contribution >= 4 is 38.5 Å². The third-order valence-electron chi connectivity index (χ3n) is 8.71. The molecule has 2 saturated heterocycles. The molecule has 12 heteroatoms. The number of carbonyl (C=O) groups is 1. The Morgan fingerprint density at radius 2 is 1.92 bits per heavy atom. The Labute approximate surface area is 228 Å². The highest BCUT2D eigenvalue weighted by Gasteiger charge is 2.49. The summed E-state index contributed by atoms with van der Waals surface area (Å²) in [5, 5.41) is 13.2. The Hall–Kier alpha value is -2.99. The van der Waals surface area contributed by atoms with Crippen molar-refractivity contribution in [2.75, 3.05) is 36.4 Å². The van der Waals surface area contributed by atoms with Crippen LogP contribution in [0, 0.1) is 34.7 Å². The molecule has 0 aromatic carbocycles. The minimum absolute atomic E-state index is 0.00732. The number of likely N-dealkylation sites (tertiary alicyclic amines) is 1. The molecule has 5 heterocycles. The van der Waals surface area contributed by atoms with Crippen LogP contribution in [0.15, 0.2) is 18.5 Å². The fourth-order valence-corrected chi connectivity index (χ4v) is 7.32. The number of carboxylic acid groups (broad SMARTS) is 1. The molecule has 8 nitrogen and oxygen atoms in total. The Kier molecular flexibility index (Phi) is 6.65. The minimum atomic E-state index is -0.799. The van der Waals surface area contributed by atoms with Gasteiger partial charge in [-0.2, -0.15) is 4.98 Å². The second-order valence-electron chi connectivity index (χ2n) is 11.5. The number of anilines is 2.